The lowest BCUT2D eigenvalue weighted by Gasteiger charge is -2.29. The van der Waals surface area contributed by atoms with Crippen molar-refractivity contribution in [1.82, 2.24) is 26.2 Å². The summed E-state index contributed by atoms with van der Waals surface area (Å²) in [7, 11) is 0. The van der Waals surface area contributed by atoms with Crippen LogP contribution in [-0.4, -0.2) is 53.2 Å². The number of carbonyl (C=O) groups is 5. The topological polar surface area (TPSA) is 137 Å². The van der Waals surface area contributed by atoms with Gasteiger partial charge in [0.05, 0.1) is 0 Å². The van der Waals surface area contributed by atoms with E-state index < -0.39 is 11.9 Å². The van der Waals surface area contributed by atoms with E-state index in [0.717, 1.165) is 42.0 Å². The second-order valence-electron chi connectivity index (χ2n) is 11.7. The van der Waals surface area contributed by atoms with Gasteiger partial charge in [-0.25, -0.2) is 4.79 Å². The first-order valence-electron chi connectivity index (χ1n) is 14.9. The molecule has 1 atom stereocenters. The number of nitrogens with zero attached hydrogens (tertiary/aromatic N) is 1. The molecule has 0 bridgehead atoms. The molecule has 2 fully saturated rings. The van der Waals surface area contributed by atoms with Crippen molar-refractivity contribution in [3.8, 4) is 0 Å². The third-order valence-electron chi connectivity index (χ3n) is 8.84. The van der Waals surface area contributed by atoms with Gasteiger partial charge < -0.3 is 20.9 Å². The Morgan fingerprint density at radius 1 is 0.884 bits per heavy atom. The van der Waals surface area contributed by atoms with Crippen molar-refractivity contribution >= 4 is 40.4 Å². The molecule has 6 rings (SSSR count). The van der Waals surface area contributed by atoms with Crippen molar-refractivity contribution in [2.45, 2.75) is 63.7 Å². The van der Waals surface area contributed by atoms with Gasteiger partial charge in [-0.05, 0) is 78.1 Å². The van der Waals surface area contributed by atoms with Crippen LogP contribution in [0.2, 0.25) is 0 Å². The van der Waals surface area contributed by atoms with Crippen molar-refractivity contribution in [1.29, 1.82) is 0 Å². The number of hydrogen-bond donors (Lipinski definition) is 4. The zero-order valence-electron chi connectivity index (χ0n) is 23.9. The van der Waals surface area contributed by atoms with Crippen molar-refractivity contribution in [3.05, 3.63) is 82.9 Å². The van der Waals surface area contributed by atoms with E-state index in [-0.39, 0.29) is 42.8 Å². The summed E-state index contributed by atoms with van der Waals surface area (Å²) < 4.78 is 0. The van der Waals surface area contributed by atoms with Crippen molar-refractivity contribution < 1.29 is 24.0 Å². The Bertz CT molecular complexity index is 1590. The van der Waals surface area contributed by atoms with Crippen LogP contribution in [0.4, 0.5) is 4.79 Å². The summed E-state index contributed by atoms with van der Waals surface area (Å²) >= 11 is 0. The van der Waals surface area contributed by atoms with E-state index in [0.29, 0.717) is 42.1 Å². The fourth-order valence-electron chi connectivity index (χ4n) is 6.42. The third-order valence-corrected chi connectivity index (χ3v) is 8.84. The predicted molar refractivity (Wildman–Crippen MR) is 160 cm³/mol. The van der Waals surface area contributed by atoms with E-state index in [2.05, 4.69) is 39.5 Å². The average Bonchev–Trinajstić information content (AvgIpc) is 3.34. The molecule has 4 N–H and O–H groups in total. The molecule has 3 aromatic rings. The van der Waals surface area contributed by atoms with Gasteiger partial charge in [-0.2, -0.15) is 0 Å². The molecule has 1 unspecified atom stereocenters. The quantitative estimate of drug-likeness (QED) is 0.317. The number of amides is 6. The van der Waals surface area contributed by atoms with Crippen LogP contribution in [0.1, 0.15) is 70.4 Å². The minimum Gasteiger partial charge on any atom is -0.352 e. The number of benzene rings is 3. The predicted octanol–water partition coefficient (Wildman–Crippen LogP) is 3.39. The molecule has 0 aromatic heterocycles. The molecule has 0 spiro atoms. The summed E-state index contributed by atoms with van der Waals surface area (Å²) in [5, 5.41) is 13.7. The molecule has 1 aliphatic carbocycles. The van der Waals surface area contributed by atoms with Gasteiger partial charge in [-0.15, -0.1) is 0 Å². The molecule has 3 aliphatic rings. The minimum atomic E-state index is -0.685. The van der Waals surface area contributed by atoms with E-state index >= 15 is 0 Å². The lowest BCUT2D eigenvalue weighted by molar-refractivity contribution is -0.136. The van der Waals surface area contributed by atoms with E-state index in [1.165, 1.54) is 4.90 Å². The standard InChI is InChI=1S/C33H35N5O5/c39-29-15-14-28(31(41)37-29)38-19-24-16-22(10-13-27(24)32(38)42)30(40)34-17-20-8-11-25(12-9-20)36-33(43)35-18-23-6-3-5-21-4-1-2-7-26(21)23/h1-7,10,13,16,20,25,28H,8-9,11-12,14-15,17-19H2,(H,34,40)(H2,35,36,43)(H,37,39,41). The maximum Gasteiger partial charge on any atom is 0.315 e. The highest BCUT2D eigenvalue weighted by atomic mass is 16.2. The van der Waals surface area contributed by atoms with E-state index in [1.807, 2.05) is 24.3 Å². The molecule has 3 aromatic carbocycles. The fraction of sp³-hybridized carbons (Fsp3) is 0.364. The van der Waals surface area contributed by atoms with Crippen LogP contribution in [-0.2, 0) is 22.7 Å². The number of piperidine rings is 1. The normalized spacial score (nSPS) is 21.7. The largest absolute Gasteiger partial charge is 0.352 e. The van der Waals surface area contributed by atoms with Crippen LogP contribution in [0.5, 0.6) is 0 Å². The lowest BCUT2D eigenvalue weighted by Crippen LogP contribution is -2.52. The summed E-state index contributed by atoms with van der Waals surface area (Å²) in [6, 6.07) is 18.5. The number of nitrogens with one attached hydrogen (secondary N) is 4. The average molecular weight is 582 g/mol. The van der Waals surface area contributed by atoms with E-state index in [4.69, 9.17) is 0 Å². The Kier molecular flexibility index (Phi) is 8.09. The van der Waals surface area contributed by atoms with Crippen LogP contribution in [0.25, 0.3) is 10.8 Å². The molecule has 222 valence electrons. The van der Waals surface area contributed by atoms with E-state index in [9.17, 15) is 24.0 Å². The maximum atomic E-state index is 12.9. The Balaban J connectivity index is 0.942. The van der Waals surface area contributed by atoms with Crippen LogP contribution in [0.3, 0.4) is 0 Å². The monoisotopic (exact) mass is 581 g/mol. The minimum absolute atomic E-state index is 0.0982. The SMILES string of the molecule is O=C1CCC(N2Cc3cc(C(=O)NCC4CCC(NC(=O)NCc5cccc6ccccc56)CC4)ccc3C2=O)C(=O)N1. The Morgan fingerprint density at radius 3 is 2.49 bits per heavy atom. The second kappa shape index (κ2) is 12.2. The van der Waals surface area contributed by atoms with Crippen LogP contribution >= 0.6 is 0 Å². The van der Waals surface area contributed by atoms with Crippen molar-refractivity contribution in [2.75, 3.05) is 6.54 Å². The lowest BCUT2D eigenvalue weighted by atomic mass is 9.86. The molecule has 2 aliphatic heterocycles. The molecular formula is C33H35N5O5. The van der Waals surface area contributed by atoms with Crippen molar-refractivity contribution in [3.63, 3.8) is 0 Å². The molecule has 6 amide bonds. The summed E-state index contributed by atoms with van der Waals surface area (Å²) in [6.45, 7) is 1.23. The molecule has 2 heterocycles. The van der Waals surface area contributed by atoms with Gasteiger partial charge in [-0.3, -0.25) is 24.5 Å². The van der Waals surface area contributed by atoms with Gasteiger partial charge in [-0.1, -0.05) is 42.5 Å². The van der Waals surface area contributed by atoms with Gasteiger partial charge in [0.15, 0.2) is 0 Å². The van der Waals surface area contributed by atoms with Crippen molar-refractivity contribution in [2.24, 2.45) is 5.92 Å². The molecule has 10 heteroatoms. The molecule has 10 nitrogen and oxygen atoms in total. The number of urea groups is 1. The first-order valence-corrected chi connectivity index (χ1v) is 14.9. The Morgan fingerprint density at radius 2 is 1.67 bits per heavy atom. The first kappa shape index (κ1) is 28.4. The first-order chi connectivity index (χ1) is 20.9. The molecule has 0 radical (unpaired) electrons. The summed E-state index contributed by atoms with van der Waals surface area (Å²) in [6.07, 6.45) is 3.98. The fourth-order valence-corrected chi connectivity index (χ4v) is 6.42. The highest BCUT2D eigenvalue weighted by molar-refractivity contribution is 6.06. The van der Waals surface area contributed by atoms with Gasteiger partial charge in [0.2, 0.25) is 11.8 Å². The number of rotatable bonds is 7. The Hall–Kier alpha value is -4.73. The zero-order chi connectivity index (χ0) is 29.9. The maximum absolute atomic E-state index is 12.9. The van der Waals surface area contributed by atoms with E-state index in [1.54, 1.807) is 18.2 Å². The summed E-state index contributed by atoms with van der Waals surface area (Å²) in [4.78, 5) is 63.7. The molecule has 43 heavy (non-hydrogen) atoms. The molecule has 1 saturated heterocycles. The summed E-state index contributed by atoms with van der Waals surface area (Å²) in [5.74, 6) is -0.930. The van der Waals surface area contributed by atoms with Gasteiger partial charge >= 0.3 is 6.03 Å². The molecule has 1 saturated carbocycles. The number of carbonyl (C=O) groups excluding carboxylic acids is 5. The molecular weight excluding hydrogens is 546 g/mol. The van der Waals surface area contributed by atoms with Crippen LogP contribution < -0.4 is 21.3 Å². The second-order valence-corrected chi connectivity index (χ2v) is 11.7. The Labute approximate surface area is 249 Å². The highest BCUT2D eigenvalue weighted by Crippen LogP contribution is 2.29. The van der Waals surface area contributed by atoms with Crippen LogP contribution in [0, 0.1) is 5.92 Å². The van der Waals surface area contributed by atoms with Gasteiger partial charge in [0, 0.05) is 43.2 Å². The van der Waals surface area contributed by atoms with Gasteiger partial charge in [0.1, 0.15) is 6.04 Å². The number of fused-ring (bicyclic) bond motifs is 2. The zero-order valence-corrected chi connectivity index (χ0v) is 23.9. The highest BCUT2D eigenvalue weighted by Gasteiger charge is 2.39. The smallest absolute Gasteiger partial charge is 0.315 e. The number of imide groups is 1. The van der Waals surface area contributed by atoms with Gasteiger partial charge in [0.25, 0.3) is 11.8 Å². The summed E-state index contributed by atoms with van der Waals surface area (Å²) in [5.41, 5.74) is 2.73. The third kappa shape index (κ3) is 6.23. The number of hydrogen-bond acceptors (Lipinski definition) is 5. The van der Waals surface area contributed by atoms with Crippen LogP contribution in [0.15, 0.2) is 60.7 Å².